The lowest BCUT2D eigenvalue weighted by Crippen LogP contribution is -2.38. The molecule has 1 aliphatic heterocycles. The van der Waals surface area contributed by atoms with E-state index in [1.165, 1.54) is 11.6 Å². The molecule has 0 bridgehead atoms. The lowest BCUT2D eigenvalue weighted by molar-refractivity contribution is -0.132. The molecular weight excluding hydrogens is 343 g/mol. The summed E-state index contributed by atoms with van der Waals surface area (Å²) in [5.41, 5.74) is 2.59. The van der Waals surface area contributed by atoms with Gasteiger partial charge in [-0.3, -0.25) is 9.59 Å². The molecule has 5 heteroatoms. The Morgan fingerprint density at radius 3 is 2.07 bits per heavy atom. The summed E-state index contributed by atoms with van der Waals surface area (Å²) in [7, 11) is 0. The number of benzene rings is 2. The fraction of sp³-hybridized carbons (Fsp3) is 0.364. The fourth-order valence-electron chi connectivity index (χ4n) is 3.33. The van der Waals surface area contributed by atoms with Crippen LogP contribution in [0.25, 0.3) is 0 Å². The van der Waals surface area contributed by atoms with Gasteiger partial charge in [-0.1, -0.05) is 48.0 Å². The second kappa shape index (κ2) is 8.80. The number of halogens is 1. The molecule has 0 spiro atoms. The molecule has 142 valence electrons. The maximum absolute atomic E-state index is 13.8. The molecule has 27 heavy (non-hydrogen) atoms. The Bertz CT molecular complexity index is 804. The van der Waals surface area contributed by atoms with E-state index >= 15 is 0 Å². The van der Waals surface area contributed by atoms with Crippen LogP contribution in [-0.4, -0.2) is 47.8 Å². The van der Waals surface area contributed by atoms with Crippen LogP contribution in [0.4, 0.5) is 4.39 Å². The average molecular weight is 368 g/mol. The van der Waals surface area contributed by atoms with E-state index in [2.05, 4.69) is 0 Å². The van der Waals surface area contributed by atoms with Crippen LogP contribution in [-0.2, 0) is 22.4 Å². The molecule has 1 saturated heterocycles. The number of aryl methyl sites for hydroxylation is 1. The molecule has 1 fully saturated rings. The van der Waals surface area contributed by atoms with Gasteiger partial charge in [-0.25, -0.2) is 4.39 Å². The van der Waals surface area contributed by atoms with E-state index in [1.807, 2.05) is 36.1 Å². The van der Waals surface area contributed by atoms with Crippen molar-refractivity contribution >= 4 is 11.8 Å². The number of nitrogens with zero attached hydrogens (tertiary/aromatic N) is 2. The number of amides is 2. The maximum Gasteiger partial charge on any atom is 0.227 e. The van der Waals surface area contributed by atoms with Crippen LogP contribution >= 0.6 is 0 Å². The monoisotopic (exact) mass is 368 g/mol. The Kier molecular flexibility index (Phi) is 6.22. The van der Waals surface area contributed by atoms with Crippen LogP contribution in [0, 0.1) is 12.7 Å². The number of carbonyl (C=O) groups excluding carboxylic acids is 2. The highest BCUT2D eigenvalue weighted by Crippen LogP contribution is 2.12. The Morgan fingerprint density at radius 2 is 1.44 bits per heavy atom. The molecule has 0 atom stereocenters. The van der Waals surface area contributed by atoms with Gasteiger partial charge >= 0.3 is 0 Å². The topological polar surface area (TPSA) is 40.6 Å². The van der Waals surface area contributed by atoms with E-state index < -0.39 is 0 Å². The van der Waals surface area contributed by atoms with E-state index in [1.54, 1.807) is 23.1 Å². The van der Waals surface area contributed by atoms with Crippen molar-refractivity contribution in [3.63, 3.8) is 0 Å². The summed E-state index contributed by atoms with van der Waals surface area (Å²) in [5.74, 6) is -0.356. The minimum Gasteiger partial charge on any atom is -0.341 e. The van der Waals surface area contributed by atoms with Gasteiger partial charge in [0.1, 0.15) is 5.82 Å². The SMILES string of the molecule is Cc1ccc(CC(=O)N2CCCN(C(=O)Cc3ccccc3F)CC2)cc1. The van der Waals surface area contributed by atoms with Gasteiger partial charge in [-0.2, -0.15) is 0 Å². The summed E-state index contributed by atoms with van der Waals surface area (Å²) in [4.78, 5) is 28.7. The van der Waals surface area contributed by atoms with E-state index in [0.717, 1.165) is 12.0 Å². The zero-order valence-electron chi connectivity index (χ0n) is 15.7. The maximum atomic E-state index is 13.8. The first-order chi connectivity index (χ1) is 13.0. The minimum absolute atomic E-state index is 0.0595. The summed E-state index contributed by atoms with van der Waals surface area (Å²) in [6, 6.07) is 14.3. The molecule has 0 radical (unpaired) electrons. The zero-order chi connectivity index (χ0) is 19.2. The molecule has 0 aliphatic carbocycles. The predicted molar refractivity (Wildman–Crippen MR) is 103 cm³/mol. The fourth-order valence-corrected chi connectivity index (χ4v) is 3.33. The van der Waals surface area contributed by atoms with Crippen molar-refractivity contribution in [3.8, 4) is 0 Å². The third kappa shape index (κ3) is 5.16. The Balaban J connectivity index is 1.55. The predicted octanol–water partition coefficient (Wildman–Crippen LogP) is 2.98. The van der Waals surface area contributed by atoms with Gasteiger partial charge < -0.3 is 9.80 Å². The first kappa shape index (κ1) is 19.1. The first-order valence-corrected chi connectivity index (χ1v) is 9.37. The molecule has 2 aromatic rings. The standard InChI is InChI=1S/C22H25FN2O2/c1-17-7-9-18(10-8-17)15-21(26)24-11-4-12-25(14-13-24)22(27)16-19-5-2-3-6-20(19)23/h2-3,5-10H,4,11-16H2,1H3. The van der Waals surface area contributed by atoms with E-state index in [0.29, 0.717) is 38.2 Å². The van der Waals surface area contributed by atoms with Gasteiger partial charge in [-0.15, -0.1) is 0 Å². The molecule has 1 heterocycles. The summed E-state index contributed by atoms with van der Waals surface area (Å²) in [5, 5.41) is 0. The van der Waals surface area contributed by atoms with Crippen LogP contribution in [0.2, 0.25) is 0 Å². The van der Waals surface area contributed by atoms with Crippen molar-refractivity contribution < 1.29 is 14.0 Å². The highest BCUT2D eigenvalue weighted by Gasteiger charge is 2.22. The Hall–Kier alpha value is -2.69. The zero-order valence-corrected chi connectivity index (χ0v) is 15.7. The Labute approximate surface area is 159 Å². The number of hydrogen-bond donors (Lipinski definition) is 0. The number of rotatable bonds is 4. The smallest absolute Gasteiger partial charge is 0.227 e. The van der Waals surface area contributed by atoms with Gasteiger partial charge in [0.2, 0.25) is 11.8 Å². The minimum atomic E-state index is -0.351. The van der Waals surface area contributed by atoms with Gasteiger partial charge in [0, 0.05) is 26.2 Å². The van der Waals surface area contributed by atoms with Gasteiger partial charge in [0.25, 0.3) is 0 Å². The Morgan fingerprint density at radius 1 is 0.852 bits per heavy atom. The second-order valence-corrected chi connectivity index (χ2v) is 7.05. The largest absolute Gasteiger partial charge is 0.341 e. The molecule has 0 unspecified atom stereocenters. The number of hydrogen-bond acceptors (Lipinski definition) is 2. The number of carbonyl (C=O) groups is 2. The summed E-state index contributed by atoms with van der Waals surface area (Å²) < 4.78 is 13.8. The third-order valence-corrected chi connectivity index (χ3v) is 4.98. The molecule has 0 aromatic heterocycles. The molecule has 1 aliphatic rings. The van der Waals surface area contributed by atoms with Gasteiger partial charge in [0.15, 0.2) is 0 Å². The quantitative estimate of drug-likeness (QED) is 0.832. The van der Waals surface area contributed by atoms with Crippen molar-refractivity contribution in [3.05, 3.63) is 71.0 Å². The normalized spacial score (nSPS) is 14.7. The van der Waals surface area contributed by atoms with Crippen molar-refractivity contribution in [2.45, 2.75) is 26.2 Å². The van der Waals surface area contributed by atoms with Crippen LogP contribution in [0.1, 0.15) is 23.1 Å². The van der Waals surface area contributed by atoms with E-state index in [4.69, 9.17) is 0 Å². The summed E-state index contributed by atoms with van der Waals surface area (Å²) in [6.45, 7) is 4.28. The molecule has 2 amide bonds. The molecule has 3 rings (SSSR count). The van der Waals surface area contributed by atoms with E-state index in [9.17, 15) is 14.0 Å². The summed E-state index contributed by atoms with van der Waals surface area (Å²) >= 11 is 0. The van der Waals surface area contributed by atoms with Gasteiger partial charge in [-0.05, 0) is 30.5 Å². The van der Waals surface area contributed by atoms with Crippen LogP contribution < -0.4 is 0 Å². The van der Waals surface area contributed by atoms with Crippen LogP contribution in [0.3, 0.4) is 0 Å². The molecule has 0 N–H and O–H groups in total. The molecule has 4 nitrogen and oxygen atoms in total. The van der Waals surface area contributed by atoms with Crippen molar-refractivity contribution in [1.29, 1.82) is 0 Å². The molecule has 2 aromatic carbocycles. The average Bonchev–Trinajstić information content (AvgIpc) is 2.92. The second-order valence-electron chi connectivity index (χ2n) is 7.05. The van der Waals surface area contributed by atoms with Gasteiger partial charge in [0.05, 0.1) is 12.8 Å². The van der Waals surface area contributed by atoms with E-state index in [-0.39, 0.29) is 24.1 Å². The molecule has 0 saturated carbocycles. The van der Waals surface area contributed by atoms with Crippen LogP contribution in [0.15, 0.2) is 48.5 Å². The van der Waals surface area contributed by atoms with Crippen molar-refractivity contribution in [2.24, 2.45) is 0 Å². The highest BCUT2D eigenvalue weighted by molar-refractivity contribution is 5.80. The highest BCUT2D eigenvalue weighted by atomic mass is 19.1. The van der Waals surface area contributed by atoms with Crippen molar-refractivity contribution in [2.75, 3.05) is 26.2 Å². The first-order valence-electron chi connectivity index (χ1n) is 9.37. The molecular formula is C22H25FN2O2. The summed E-state index contributed by atoms with van der Waals surface area (Å²) in [6.07, 6.45) is 1.18. The third-order valence-electron chi connectivity index (χ3n) is 4.98. The lowest BCUT2D eigenvalue weighted by atomic mass is 10.1. The van der Waals surface area contributed by atoms with Crippen molar-refractivity contribution in [1.82, 2.24) is 9.80 Å². The lowest BCUT2D eigenvalue weighted by Gasteiger charge is -2.22. The van der Waals surface area contributed by atoms with Crippen LogP contribution in [0.5, 0.6) is 0 Å².